The fraction of sp³-hybridized carbons (Fsp3) is 0.368. The Kier molecular flexibility index (Phi) is 6.24. The lowest BCUT2D eigenvalue weighted by Crippen LogP contribution is -2.22. The molecule has 0 aromatic heterocycles. The van der Waals surface area contributed by atoms with E-state index in [0.717, 1.165) is 13.0 Å². The van der Waals surface area contributed by atoms with Gasteiger partial charge in [-0.25, -0.2) is 0 Å². The highest BCUT2D eigenvalue weighted by atomic mass is 127. The lowest BCUT2D eigenvalue weighted by atomic mass is 9.95. The smallest absolute Gasteiger partial charge is 0.0576 e. The van der Waals surface area contributed by atoms with E-state index in [1.165, 1.54) is 20.3 Å². The summed E-state index contributed by atoms with van der Waals surface area (Å²) in [7, 11) is 0. The van der Waals surface area contributed by atoms with Gasteiger partial charge in [0.15, 0.2) is 0 Å². The number of halogens is 1. The zero-order valence-corrected chi connectivity index (χ0v) is 15.2. The second-order valence-corrected chi connectivity index (χ2v) is 7.13. The first-order valence-corrected chi connectivity index (χ1v) is 8.75. The van der Waals surface area contributed by atoms with Gasteiger partial charge in [-0.15, -0.1) is 0 Å². The highest BCUT2D eigenvalue weighted by molar-refractivity contribution is 14.1. The highest BCUT2D eigenvalue weighted by Crippen LogP contribution is 2.23. The van der Waals surface area contributed by atoms with Gasteiger partial charge in [0.25, 0.3) is 0 Å². The quantitative estimate of drug-likeness (QED) is 0.667. The van der Waals surface area contributed by atoms with Gasteiger partial charge in [0.05, 0.1) is 6.04 Å². The van der Waals surface area contributed by atoms with Crippen molar-refractivity contribution in [1.82, 2.24) is 5.32 Å². The number of hydrogen-bond donors (Lipinski definition) is 1. The van der Waals surface area contributed by atoms with Gasteiger partial charge in [0.1, 0.15) is 0 Å². The van der Waals surface area contributed by atoms with E-state index in [0.29, 0.717) is 5.92 Å². The molecule has 21 heavy (non-hydrogen) atoms. The molecule has 2 heteroatoms. The minimum atomic E-state index is 0.278. The van der Waals surface area contributed by atoms with Crippen molar-refractivity contribution < 1.29 is 0 Å². The molecule has 0 spiro atoms. The summed E-state index contributed by atoms with van der Waals surface area (Å²) >= 11 is 2.35. The van der Waals surface area contributed by atoms with Crippen molar-refractivity contribution in [2.24, 2.45) is 5.92 Å². The van der Waals surface area contributed by atoms with Crippen LogP contribution in [0.4, 0.5) is 0 Å². The second-order valence-electron chi connectivity index (χ2n) is 5.88. The average molecular weight is 393 g/mol. The van der Waals surface area contributed by atoms with E-state index in [2.05, 4.69) is 97.2 Å². The van der Waals surface area contributed by atoms with Crippen LogP contribution in [0.15, 0.2) is 48.5 Å². The van der Waals surface area contributed by atoms with Crippen LogP contribution in [0.2, 0.25) is 0 Å². The van der Waals surface area contributed by atoms with Crippen LogP contribution in [0.1, 0.15) is 43.5 Å². The first-order chi connectivity index (χ1) is 10.1. The predicted molar refractivity (Wildman–Crippen MR) is 99.7 cm³/mol. The highest BCUT2D eigenvalue weighted by Gasteiger charge is 2.12. The van der Waals surface area contributed by atoms with E-state index in [1.807, 2.05) is 0 Å². The van der Waals surface area contributed by atoms with E-state index in [9.17, 15) is 0 Å². The predicted octanol–water partition coefficient (Wildman–Crippen LogP) is 5.19. The Bertz CT molecular complexity index is 543. The Balaban J connectivity index is 2.23. The summed E-state index contributed by atoms with van der Waals surface area (Å²) in [6, 6.07) is 18.1. The Morgan fingerprint density at radius 2 is 1.43 bits per heavy atom. The molecule has 0 aliphatic carbocycles. The Labute approximate surface area is 142 Å². The summed E-state index contributed by atoms with van der Waals surface area (Å²) < 4.78 is 1.28. The molecule has 0 aliphatic rings. The van der Waals surface area contributed by atoms with Crippen molar-refractivity contribution in [1.29, 1.82) is 0 Å². The van der Waals surface area contributed by atoms with Gasteiger partial charge in [0.2, 0.25) is 0 Å². The molecule has 0 aliphatic heterocycles. The van der Waals surface area contributed by atoms with Crippen molar-refractivity contribution in [2.45, 2.75) is 33.2 Å². The van der Waals surface area contributed by atoms with Gasteiger partial charge in [-0.05, 0) is 70.3 Å². The number of rotatable bonds is 6. The summed E-state index contributed by atoms with van der Waals surface area (Å²) in [5.74, 6) is 0.705. The van der Waals surface area contributed by atoms with Crippen molar-refractivity contribution in [3.63, 3.8) is 0 Å². The Morgan fingerprint density at radius 1 is 0.905 bits per heavy atom. The summed E-state index contributed by atoms with van der Waals surface area (Å²) in [5.41, 5.74) is 4.09. The van der Waals surface area contributed by atoms with Crippen LogP contribution in [0, 0.1) is 9.49 Å². The molecule has 0 fully saturated rings. The summed E-state index contributed by atoms with van der Waals surface area (Å²) in [6.45, 7) is 7.65. The Hall–Kier alpha value is -0.870. The van der Waals surface area contributed by atoms with Crippen molar-refractivity contribution in [3.05, 3.63) is 68.8 Å². The van der Waals surface area contributed by atoms with Crippen molar-refractivity contribution in [2.75, 3.05) is 6.54 Å². The fourth-order valence-corrected chi connectivity index (χ4v) is 2.96. The molecular formula is C19H24IN. The SMILES string of the molecule is CCNC(c1ccc(I)cc1)c1ccc(CC(C)C)cc1. The number of nitrogens with one attached hydrogen (secondary N) is 1. The summed E-state index contributed by atoms with van der Waals surface area (Å²) in [4.78, 5) is 0. The number of hydrogen-bond acceptors (Lipinski definition) is 1. The van der Waals surface area contributed by atoms with Gasteiger partial charge in [-0.2, -0.15) is 0 Å². The lowest BCUT2D eigenvalue weighted by Gasteiger charge is -2.19. The maximum Gasteiger partial charge on any atom is 0.0576 e. The molecule has 2 rings (SSSR count). The fourth-order valence-electron chi connectivity index (χ4n) is 2.61. The molecule has 0 heterocycles. The normalized spacial score (nSPS) is 12.6. The third-order valence-corrected chi connectivity index (χ3v) is 4.29. The minimum Gasteiger partial charge on any atom is -0.307 e. The molecule has 1 unspecified atom stereocenters. The molecule has 0 radical (unpaired) electrons. The third kappa shape index (κ3) is 4.82. The Morgan fingerprint density at radius 3 is 1.90 bits per heavy atom. The monoisotopic (exact) mass is 393 g/mol. The van der Waals surface area contributed by atoms with E-state index in [1.54, 1.807) is 0 Å². The topological polar surface area (TPSA) is 12.0 Å². The van der Waals surface area contributed by atoms with E-state index in [4.69, 9.17) is 0 Å². The lowest BCUT2D eigenvalue weighted by molar-refractivity contribution is 0.627. The molecular weight excluding hydrogens is 369 g/mol. The molecule has 1 atom stereocenters. The van der Waals surface area contributed by atoms with Gasteiger partial charge in [-0.3, -0.25) is 0 Å². The molecule has 112 valence electrons. The molecule has 0 amide bonds. The molecule has 0 saturated carbocycles. The summed E-state index contributed by atoms with van der Waals surface area (Å²) in [6.07, 6.45) is 1.15. The van der Waals surface area contributed by atoms with Crippen LogP contribution in [0.25, 0.3) is 0 Å². The third-order valence-electron chi connectivity index (χ3n) is 3.57. The van der Waals surface area contributed by atoms with Gasteiger partial charge in [0, 0.05) is 3.57 Å². The standard InChI is InChI=1S/C19H24IN/c1-4-21-19(17-9-11-18(20)12-10-17)16-7-5-15(6-8-16)13-14(2)3/h5-12,14,19,21H,4,13H2,1-3H3. The van der Waals surface area contributed by atoms with Crippen LogP contribution in [0.5, 0.6) is 0 Å². The van der Waals surface area contributed by atoms with Gasteiger partial charge < -0.3 is 5.32 Å². The van der Waals surface area contributed by atoms with Crippen molar-refractivity contribution >= 4 is 22.6 Å². The molecule has 1 nitrogen and oxygen atoms in total. The minimum absolute atomic E-state index is 0.278. The van der Waals surface area contributed by atoms with E-state index < -0.39 is 0 Å². The van der Waals surface area contributed by atoms with Crippen LogP contribution in [0.3, 0.4) is 0 Å². The van der Waals surface area contributed by atoms with Crippen LogP contribution in [-0.4, -0.2) is 6.54 Å². The second kappa shape index (κ2) is 7.95. The zero-order valence-electron chi connectivity index (χ0n) is 13.1. The molecule has 0 bridgehead atoms. The van der Waals surface area contributed by atoms with Crippen LogP contribution >= 0.6 is 22.6 Å². The average Bonchev–Trinajstić information content (AvgIpc) is 2.46. The molecule has 2 aromatic rings. The van der Waals surface area contributed by atoms with Crippen LogP contribution in [-0.2, 0) is 6.42 Å². The van der Waals surface area contributed by atoms with Crippen molar-refractivity contribution in [3.8, 4) is 0 Å². The summed E-state index contributed by atoms with van der Waals surface area (Å²) in [5, 5.41) is 3.59. The number of benzene rings is 2. The maximum atomic E-state index is 3.59. The van der Waals surface area contributed by atoms with Gasteiger partial charge >= 0.3 is 0 Å². The zero-order chi connectivity index (χ0) is 15.2. The molecule has 0 saturated heterocycles. The first kappa shape index (κ1) is 16.5. The maximum absolute atomic E-state index is 3.59. The molecule has 2 aromatic carbocycles. The molecule has 1 N–H and O–H groups in total. The van der Waals surface area contributed by atoms with E-state index >= 15 is 0 Å². The first-order valence-electron chi connectivity index (χ1n) is 7.67. The van der Waals surface area contributed by atoms with Gasteiger partial charge in [-0.1, -0.05) is 57.2 Å². The largest absolute Gasteiger partial charge is 0.307 e. The van der Waals surface area contributed by atoms with Crippen LogP contribution < -0.4 is 5.32 Å². The van der Waals surface area contributed by atoms with E-state index in [-0.39, 0.29) is 6.04 Å².